The van der Waals surface area contributed by atoms with E-state index in [1.165, 1.54) is 4.31 Å². The lowest BCUT2D eigenvalue weighted by molar-refractivity contribution is -0.136. The highest BCUT2D eigenvalue weighted by molar-refractivity contribution is 7.89. The molecule has 1 aromatic rings. The SMILES string of the molecule is O=C(C1CCOC1)N1CCN(S(=O)(=O)c2ccc(F)c(F)c2)CC1. The molecule has 1 atom stereocenters. The van der Waals surface area contributed by atoms with Crippen molar-refractivity contribution in [1.29, 1.82) is 0 Å². The molecule has 2 saturated heterocycles. The van der Waals surface area contributed by atoms with Gasteiger partial charge in [0.15, 0.2) is 11.6 Å². The number of carbonyl (C=O) groups excluding carboxylic acids is 1. The molecule has 0 bridgehead atoms. The van der Waals surface area contributed by atoms with Crippen LogP contribution in [0.4, 0.5) is 8.78 Å². The topological polar surface area (TPSA) is 66.9 Å². The van der Waals surface area contributed by atoms with Gasteiger partial charge in [-0.3, -0.25) is 4.79 Å². The third-order valence-electron chi connectivity index (χ3n) is 4.36. The zero-order chi connectivity index (χ0) is 17.3. The summed E-state index contributed by atoms with van der Waals surface area (Å²) < 4.78 is 57.7. The first-order valence-electron chi connectivity index (χ1n) is 7.71. The lowest BCUT2D eigenvalue weighted by Gasteiger charge is -2.35. The number of carbonyl (C=O) groups is 1. The van der Waals surface area contributed by atoms with Crippen LogP contribution in [-0.4, -0.2) is 62.9 Å². The molecule has 1 unspecified atom stereocenters. The normalized spacial score (nSPS) is 22.8. The molecule has 0 spiro atoms. The molecular formula is C15H18F2N2O4S. The number of ether oxygens (including phenoxy) is 1. The first-order chi connectivity index (χ1) is 11.4. The van der Waals surface area contributed by atoms with E-state index in [1.54, 1.807) is 4.90 Å². The van der Waals surface area contributed by atoms with Crippen LogP contribution in [-0.2, 0) is 19.6 Å². The molecule has 132 valence electrons. The van der Waals surface area contributed by atoms with Crippen LogP contribution >= 0.6 is 0 Å². The molecule has 0 saturated carbocycles. The summed E-state index contributed by atoms with van der Waals surface area (Å²) in [6.07, 6.45) is 0.687. The van der Waals surface area contributed by atoms with Gasteiger partial charge in [0.25, 0.3) is 0 Å². The molecule has 0 N–H and O–H groups in total. The Bertz CT molecular complexity index is 727. The molecule has 2 aliphatic heterocycles. The van der Waals surface area contributed by atoms with E-state index in [2.05, 4.69) is 0 Å². The van der Waals surface area contributed by atoms with Crippen LogP contribution in [0, 0.1) is 17.6 Å². The van der Waals surface area contributed by atoms with Crippen LogP contribution in [0.5, 0.6) is 0 Å². The summed E-state index contributed by atoms with van der Waals surface area (Å²) in [5.74, 6) is -2.47. The number of nitrogens with zero attached hydrogens (tertiary/aromatic N) is 2. The van der Waals surface area contributed by atoms with Gasteiger partial charge in [0.2, 0.25) is 15.9 Å². The second kappa shape index (κ2) is 6.73. The van der Waals surface area contributed by atoms with Crippen molar-refractivity contribution in [3.05, 3.63) is 29.8 Å². The van der Waals surface area contributed by atoms with Crippen molar-refractivity contribution in [2.24, 2.45) is 5.92 Å². The highest BCUT2D eigenvalue weighted by Crippen LogP contribution is 2.21. The highest BCUT2D eigenvalue weighted by Gasteiger charge is 2.34. The van der Waals surface area contributed by atoms with E-state index in [-0.39, 0.29) is 42.9 Å². The molecule has 9 heteroatoms. The number of benzene rings is 1. The van der Waals surface area contributed by atoms with E-state index in [9.17, 15) is 22.0 Å². The maximum absolute atomic E-state index is 13.3. The zero-order valence-corrected chi connectivity index (χ0v) is 13.8. The summed E-state index contributed by atoms with van der Waals surface area (Å²) in [7, 11) is -3.91. The maximum atomic E-state index is 13.3. The lowest BCUT2D eigenvalue weighted by atomic mass is 10.1. The van der Waals surface area contributed by atoms with Crippen LogP contribution in [0.1, 0.15) is 6.42 Å². The quantitative estimate of drug-likeness (QED) is 0.801. The maximum Gasteiger partial charge on any atom is 0.243 e. The molecule has 0 aliphatic carbocycles. The van der Waals surface area contributed by atoms with Gasteiger partial charge in [0, 0.05) is 32.8 Å². The largest absolute Gasteiger partial charge is 0.381 e. The Kier molecular flexibility index (Phi) is 4.84. The fourth-order valence-corrected chi connectivity index (χ4v) is 4.36. The fourth-order valence-electron chi connectivity index (χ4n) is 2.92. The zero-order valence-electron chi connectivity index (χ0n) is 13.0. The Balaban J connectivity index is 1.67. The van der Waals surface area contributed by atoms with Crippen LogP contribution < -0.4 is 0 Å². The first kappa shape index (κ1) is 17.2. The molecule has 2 fully saturated rings. The van der Waals surface area contributed by atoms with Gasteiger partial charge in [-0.05, 0) is 24.6 Å². The van der Waals surface area contributed by atoms with Gasteiger partial charge in [-0.2, -0.15) is 4.31 Å². The van der Waals surface area contributed by atoms with Gasteiger partial charge < -0.3 is 9.64 Å². The van der Waals surface area contributed by atoms with Crippen LogP contribution in [0.25, 0.3) is 0 Å². The second-order valence-electron chi connectivity index (χ2n) is 5.87. The summed E-state index contributed by atoms with van der Waals surface area (Å²) in [6, 6.07) is 2.52. The second-order valence-corrected chi connectivity index (χ2v) is 7.80. The molecule has 1 amide bonds. The predicted octanol–water partition coefficient (Wildman–Crippen LogP) is 0.834. The van der Waals surface area contributed by atoms with Crippen molar-refractivity contribution in [3.63, 3.8) is 0 Å². The van der Waals surface area contributed by atoms with Gasteiger partial charge in [0.1, 0.15) is 0 Å². The molecule has 0 radical (unpaired) electrons. The Morgan fingerprint density at radius 2 is 1.83 bits per heavy atom. The van der Waals surface area contributed by atoms with Crippen molar-refractivity contribution in [2.75, 3.05) is 39.4 Å². The van der Waals surface area contributed by atoms with Crippen molar-refractivity contribution in [1.82, 2.24) is 9.21 Å². The average Bonchev–Trinajstić information content (AvgIpc) is 3.11. The number of hydrogen-bond acceptors (Lipinski definition) is 4. The number of rotatable bonds is 3. The molecule has 2 heterocycles. The Hall–Kier alpha value is -1.58. The summed E-state index contributed by atoms with van der Waals surface area (Å²) in [6.45, 7) is 1.78. The van der Waals surface area contributed by atoms with Crippen molar-refractivity contribution < 1.29 is 26.7 Å². The minimum Gasteiger partial charge on any atom is -0.381 e. The smallest absolute Gasteiger partial charge is 0.243 e. The van der Waals surface area contributed by atoms with Crippen molar-refractivity contribution >= 4 is 15.9 Å². The average molecular weight is 360 g/mol. The van der Waals surface area contributed by atoms with Gasteiger partial charge in [-0.25, -0.2) is 17.2 Å². The molecule has 0 aromatic heterocycles. The minimum absolute atomic E-state index is 0.0163. The predicted molar refractivity (Wildman–Crippen MR) is 80.6 cm³/mol. The molecule has 3 rings (SSSR count). The Morgan fingerprint density at radius 1 is 1.12 bits per heavy atom. The fraction of sp³-hybridized carbons (Fsp3) is 0.533. The molecule has 6 nitrogen and oxygen atoms in total. The molecule has 1 aromatic carbocycles. The summed E-state index contributed by atoms with van der Waals surface area (Å²) in [5, 5.41) is 0. The Morgan fingerprint density at radius 3 is 2.42 bits per heavy atom. The van der Waals surface area contributed by atoms with Gasteiger partial charge in [-0.15, -0.1) is 0 Å². The highest BCUT2D eigenvalue weighted by atomic mass is 32.2. The number of amides is 1. The van der Waals surface area contributed by atoms with Gasteiger partial charge >= 0.3 is 0 Å². The molecule has 2 aliphatic rings. The van der Waals surface area contributed by atoms with Gasteiger partial charge in [-0.1, -0.05) is 0 Å². The third kappa shape index (κ3) is 3.28. The summed E-state index contributed by atoms with van der Waals surface area (Å²) in [5.41, 5.74) is 0. The monoisotopic (exact) mass is 360 g/mol. The van der Waals surface area contributed by atoms with E-state index >= 15 is 0 Å². The van der Waals surface area contributed by atoms with Crippen LogP contribution in [0.2, 0.25) is 0 Å². The molecular weight excluding hydrogens is 342 g/mol. The number of sulfonamides is 1. The number of hydrogen-bond donors (Lipinski definition) is 0. The van der Waals surface area contributed by atoms with Crippen LogP contribution in [0.3, 0.4) is 0 Å². The van der Waals surface area contributed by atoms with E-state index in [4.69, 9.17) is 4.74 Å². The van der Waals surface area contributed by atoms with Crippen LogP contribution in [0.15, 0.2) is 23.1 Å². The van der Waals surface area contributed by atoms with Crippen molar-refractivity contribution in [2.45, 2.75) is 11.3 Å². The van der Waals surface area contributed by atoms with Gasteiger partial charge in [0.05, 0.1) is 17.4 Å². The summed E-state index contributed by atoms with van der Waals surface area (Å²) >= 11 is 0. The standard InChI is InChI=1S/C15H18F2N2O4S/c16-13-2-1-12(9-14(13)17)24(21,22)19-6-4-18(5-7-19)15(20)11-3-8-23-10-11/h1-2,9,11H,3-8,10H2. The molecule has 24 heavy (non-hydrogen) atoms. The minimum atomic E-state index is -3.91. The number of halogens is 2. The van der Waals surface area contributed by atoms with E-state index in [1.807, 2.05) is 0 Å². The number of piperazine rings is 1. The van der Waals surface area contributed by atoms with E-state index in [0.717, 1.165) is 12.1 Å². The lowest BCUT2D eigenvalue weighted by Crippen LogP contribution is -2.52. The first-order valence-corrected chi connectivity index (χ1v) is 9.15. The van der Waals surface area contributed by atoms with Crippen molar-refractivity contribution in [3.8, 4) is 0 Å². The van der Waals surface area contributed by atoms with E-state index < -0.39 is 21.7 Å². The Labute approximate surface area is 139 Å². The van der Waals surface area contributed by atoms with E-state index in [0.29, 0.717) is 25.7 Å². The summed E-state index contributed by atoms with van der Waals surface area (Å²) in [4.78, 5) is 13.6. The third-order valence-corrected chi connectivity index (χ3v) is 6.25.